The van der Waals surface area contributed by atoms with Crippen LogP contribution in [0.5, 0.6) is 0 Å². The Morgan fingerprint density at radius 1 is 1.40 bits per heavy atom. The van der Waals surface area contributed by atoms with Gasteiger partial charge in [0.1, 0.15) is 5.75 Å². The van der Waals surface area contributed by atoms with E-state index in [2.05, 4.69) is 0 Å². The Morgan fingerprint density at radius 3 is 2.35 bits per heavy atom. The van der Waals surface area contributed by atoms with Gasteiger partial charge in [0.05, 0.1) is 0 Å². The third kappa shape index (κ3) is 4.14. The van der Waals surface area contributed by atoms with Crippen molar-refractivity contribution in [3.05, 3.63) is 29.3 Å². The molecule has 1 aromatic rings. The monoisotopic (exact) mass is 325 g/mol. The van der Waals surface area contributed by atoms with Crippen molar-refractivity contribution >= 4 is 31.3 Å². The smallest absolute Gasteiger partial charge is 0.288 e. The van der Waals surface area contributed by atoms with Crippen LogP contribution in [0.25, 0.3) is 0 Å². The van der Waals surface area contributed by atoms with Gasteiger partial charge >= 0.3 is 0 Å². The van der Waals surface area contributed by atoms with Crippen molar-refractivity contribution in [1.29, 1.82) is 0 Å². The molecule has 0 bridgehead atoms. The van der Waals surface area contributed by atoms with Crippen LogP contribution in [0, 0.1) is 6.92 Å². The Bertz CT molecular complexity index is 632. The minimum atomic E-state index is -4.33. The molecule has 0 aliphatic rings. The highest BCUT2D eigenvalue weighted by atomic mass is 35.7. The fourth-order valence-electron chi connectivity index (χ4n) is 1.74. The van der Waals surface area contributed by atoms with E-state index in [1.165, 1.54) is 37.9 Å². The Labute approximate surface area is 120 Å². The van der Waals surface area contributed by atoms with E-state index in [1.54, 1.807) is 0 Å². The van der Waals surface area contributed by atoms with E-state index < -0.39 is 26.3 Å². The molecular weight excluding hydrogens is 312 g/mol. The van der Waals surface area contributed by atoms with E-state index in [-0.39, 0.29) is 11.5 Å². The summed E-state index contributed by atoms with van der Waals surface area (Å²) in [5, 5.41) is 0. The van der Waals surface area contributed by atoms with Crippen LogP contribution in [0.4, 0.5) is 14.5 Å². The summed E-state index contributed by atoms with van der Waals surface area (Å²) < 4.78 is 49.4. The first-order valence-corrected chi connectivity index (χ1v) is 8.07. The Hall–Kier alpha value is -1.21. The van der Waals surface area contributed by atoms with Crippen LogP contribution in [0.3, 0.4) is 0 Å². The molecule has 0 saturated heterocycles. The van der Waals surface area contributed by atoms with Gasteiger partial charge in [0, 0.05) is 35.9 Å². The number of nitrogens with zero attached hydrogens (tertiary/aromatic N) is 1. The summed E-state index contributed by atoms with van der Waals surface area (Å²) in [7, 11) is 2.07. The molecule has 0 aromatic heterocycles. The minimum Gasteiger partial charge on any atom is -0.316 e. The van der Waals surface area contributed by atoms with Crippen molar-refractivity contribution in [2.45, 2.75) is 19.8 Å². The number of alkyl halides is 2. The fraction of sp³-hybridized carbons (Fsp3) is 0.417. The van der Waals surface area contributed by atoms with Gasteiger partial charge in [0.25, 0.3) is 5.92 Å². The lowest BCUT2D eigenvalue weighted by atomic mass is 10.0. The molecule has 1 rings (SSSR count). The first kappa shape index (κ1) is 16.8. The van der Waals surface area contributed by atoms with E-state index >= 15 is 0 Å². The summed E-state index contributed by atoms with van der Waals surface area (Å²) in [5.74, 6) is -5.30. The van der Waals surface area contributed by atoms with Crippen molar-refractivity contribution in [1.82, 2.24) is 0 Å². The third-order valence-corrected chi connectivity index (χ3v) is 3.85. The molecule has 0 N–H and O–H groups in total. The van der Waals surface area contributed by atoms with Gasteiger partial charge < -0.3 is 4.90 Å². The Kier molecular flexibility index (Phi) is 4.76. The summed E-state index contributed by atoms with van der Waals surface area (Å²) in [6, 6.07) is 3.83. The number of benzene rings is 1. The molecule has 4 nitrogen and oxygen atoms in total. The predicted octanol–water partition coefficient (Wildman–Crippen LogP) is 2.64. The van der Waals surface area contributed by atoms with E-state index in [0.29, 0.717) is 5.69 Å². The second-order valence-corrected chi connectivity index (χ2v) is 7.24. The number of aryl methyl sites for hydroxylation is 1. The molecule has 0 radical (unpaired) electrons. The maximum Gasteiger partial charge on any atom is 0.288 e. The summed E-state index contributed by atoms with van der Waals surface area (Å²) in [6.45, 7) is 2.76. The van der Waals surface area contributed by atoms with Crippen molar-refractivity contribution in [3.63, 3.8) is 0 Å². The quantitative estimate of drug-likeness (QED) is 0.800. The molecule has 112 valence electrons. The number of hydrogen-bond donors (Lipinski definition) is 0. The highest BCUT2D eigenvalue weighted by molar-refractivity contribution is 8.13. The second-order valence-electron chi connectivity index (χ2n) is 4.46. The zero-order valence-corrected chi connectivity index (χ0v) is 12.7. The minimum absolute atomic E-state index is 0.181. The Balaban J connectivity index is 3.19. The van der Waals surface area contributed by atoms with Crippen LogP contribution >= 0.6 is 10.7 Å². The first-order valence-electron chi connectivity index (χ1n) is 5.59. The van der Waals surface area contributed by atoms with Crippen molar-refractivity contribution < 1.29 is 22.0 Å². The number of anilines is 1. The molecule has 0 unspecified atom stereocenters. The molecule has 0 atom stereocenters. The third-order valence-electron chi connectivity index (χ3n) is 2.82. The molecule has 0 aliphatic carbocycles. The van der Waals surface area contributed by atoms with Gasteiger partial charge in [0.15, 0.2) is 0 Å². The normalized spacial score (nSPS) is 12.3. The van der Waals surface area contributed by atoms with E-state index in [0.717, 1.165) is 6.07 Å². The van der Waals surface area contributed by atoms with Crippen molar-refractivity contribution in [2.75, 3.05) is 17.7 Å². The van der Waals surface area contributed by atoms with Gasteiger partial charge in [-0.25, -0.2) is 17.2 Å². The first-order chi connectivity index (χ1) is 8.94. The van der Waals surface area contributed by atoms with Gasteiger partial charge in [-0.05, 0) is 24.6 Å². The SMILES string of the molecule is CC(=O)N(C)c1ccc(C(F)(F)CS(=O)(=O)Cl)c(C)c1. The van der Waals surface area contributed by atoms with Gasteiger partial charge in [-0.2, -0.15) is 0 Å². The van der Waals surface area contributed by atoms with Gasteiger partial charge in [-0.15, -0.1) is 0 Å². The average molecular weight is 326 g/mol. The molecule has 0 saturated carbocycles. The molecule has 0 fully saturated rings. The van der Waals surface area contributed by atoms with E-state index in [9.17, 15) is 22.0 Å². The number of rotatable bonds is 4. The van der Waals surface area contributed by atoms with Crippen LogP contribution < -0.4 is 4.90 Å². The van der Waals surface area contributed by atoms with Crippen LogP contribution in [-0.2, 0) is 19.8 Å². The highest BCUT2D eigenvalue weighted by Gasteiger charge is 2.38. The van der Waals surface area contributed by atoms with Gasteiger partial charge in [0.2, 0.25) is 15.0 Å². The molecule has 0 heterocycles. The lowest BCUT2D eigenvalue weighted by Crippen LogP contribution is -2.25. The van der Waals surface area contributed by atoms with E-state index in [1.807, 2.05) is 0 Å². The Morgan fingerprint density at radius 2 is 1.95 bits per heavy atom. The molecule has 0 aliphatic heterocycles. The largest absolute Gasteiger partial charge is 0.316 e. The lowest BCUT2D eigenvalue weighted by molar-refractivity contribution is -0.116. The van der Waals surface area contributed by atoms with Crippen LogP contribution in [0.2, 0.25) is 0 Å². The molecule has 20 heavy (non-hydrogen) atoms. The average Bonchev–Trinajstić information content (AvgIpc) is 2.23. The van der Waals surface area contributed by atoms with Crippen LogP contribution in [-0.4, -0.2) is 27.1 Å². The molecule has 1 aromatic carbocycles. The van der Waals surface area contributed by atoms with Gasteiger partial charge in [-0.3, -0.25) is 4.79 Å². The highest BCUT2D eigenvalue weighted by Crippen LogP contribution is 2.34. The number of amides is 1. The summed E-state index contributed by atoms with van der Waals surface area (Å²) in [6.07, 6.45) is 0. The van der Waals surface area contributed by atoms with Crippen molar-refractivity contribution in [3.8, 4) is 0 Å². The number of halogens is 3. The number of carbonyl (C=O) groups excluding carboxylic acids is 1. The molecule has 1 amide bonds. The lowest BCUT2D eigenvalue weighted by Gasteiger charge is -2.20. The maximum absolute atomic E-state index is 13.9. The summed E-state index contributed by atoms with van der Waals surface area (Å²) in [5.41, 5.74) is 0.201. The molecule has 8 heteroatoms. The van der Waals surface area contributed by atoms with Crippen LogP contribution in [0.1, 0.15) is 18.1 Å². The van der Waals surface area contributed by atoms with Crippen LogP contribution in [0.15, 0.2) is 18.2 Å². The topological polar surface area (TPSA) is 54.5 Å². The fourth-order valence-corrected chi connectivity index (χ4v) is 2.74. The van der Waals surface area contributed by atoms with Crippen molar-refractivity contribution in [2.24, 2.45) is 0 Å². The maximum atomic E-state index is 13.9. The second kappa shape index (κ2) is 5.65. The van der Waals surface area contributed by atoms with E-state index in [4.69, 9.17) is 10.7 Å². The number of carbonyl (C=O) groups is 1. The van der Waals surface area contributed by atoms with Gasteiger partial charge in [-0.1, -0.05) is 6.07 Å². The molecular formula is C12H14ClF2NO3S. The summed E-state index contributed by atoms with van der Waals surface area (Å²) >= 11 is 0. The zero-order chi connectivity index (χ0) is 15.7. The predicted molar refractivity (Wildman–Crippen MR) is 73.8 cm³/mol. The molecule has 0 spiro atoms. The summed E-state index contributed by atoms with van der Waals surface area (Å²) in [4.78, 5) is 12.5. The zero-order valence-electron chi connectivity index (χ0n) is 11.2. The number of hydrogen-bond acceptors (Lipinski definition) is 3. The standard InChI is InChI=1S/C12H14ClF2NO3S/c1-8-6-10(16(3)9(2)17)4-5-11(8)12(14,15)7-20(13,18)19/h4-6H,7H2,1-3H3.